The number of nitrogens with zero attached hydrogens (tertiary/aromatic N) is 2. The summed E-state index contributed by atoms with van der Waals surface area (Å²) in [5, 5.41) is 14.5. The predicted octanol–water partition coefficient (Wildman–Crippen LogP) is 2.43. The van der Waals surface area contributed by atoms with Crippen molar-refractivity contribution in [1.82, 2.24) is 9.78 Å². The highest BCUT2D eigenvalue weighted by Gasteiger charge is 2.22. The number of hydrogen-bond acceptors (Lipinski definition) is 4. The average Bonchev–Trinajstić information content (AvgIpc) is 2.79. The molecule has 0 radical (unpaired) electrons. The fourth-order valence-corrected chi connectivity index (χ4v) is 2.23. The predicted molar refractivity (Wildman–Crippen MR) is 76.6 cm³/mol. The Morgan fingerprint density at radius 3 is 2.30 bits per heavy atom. The van der Waals surface area contributed by atoms with Crippen molar-refractivity contribution in [3.8, 4) is 17.2 Å². The van der Waals surface area contributed by atoms with Crippen molar-refractivity contribution in [3.63, 3.8) is 0 Å². The smallest absolute Gasteiger partial charge is 0.162 e. The van der Waals surface area contributed by atoms with Crippen molar-refractivity contribution in [2.75, 3.05) is 14.2 Å². The van der Waals surface area contributed by atoms with E-state index < -0.39 is 5.60 Å². The van der Waals surface area contributed by atoms with Gasteiger partial charge < -0.3 is 14.6 Å². The van der Waals surface area contributed by atoms with E-state index in [2.05, 4.69) is 5.10 Å². The van der Waals surface area contributed by atoms with Gasteiger partial charge in [-0.3, -0.25) is 0 Å². The van der Waals surface area contributed by atoms with Crippen molar-refractivity contribution in [2.24, 2.45) is 0 Å². The van der Waals surface area contributed by atoms with Crippen molar-refractivity contribution in [1.29, 1.82) is 0 Å². The molecule has 0 unspecified atom stereocenters. The first-order valence-electron chi connectivity index (χ1n) is 6.38. The molecule has 5 heteroatoms. The van der Waals surface area contributed by atoms with Gasteiger partial charge in [0, 0.05) is 17.3 Å². The normalized spacial score (nSPS) is 11.5. The third-order valence-corrected chi connectivity index (χ3v) is 3.28. The molecule has 0 saturated carbocycles. The highest BCUT2D eigenvalue weighted by molar-refractivity contribution is 5.49. The maximum Gasteiger partial charge on any atom is 0.162 e. The summed E-state index contributed by atoms with van der Waals surface area (Å²) < 4.78 is 12.3. The van der Waals surface area contributed by atoms with E-state index >= 15 is 0 Å². The van der Waals surface area contributed by atoms with Gasteiger partial charge in [-0.15, -0.1) is 0 Å². The van der Waals surface area contributed by atoms with Gasteiger partial charge in [0.25, 0.3) is 0 Å². The van der Waals surface area contributed by atoms with Crippen LogP contribution >= 0.6 is 0 Å². The van der Waals surface area contributed by atoms with E-state index in [1.165, 1.54) is 0 Å². The molecule has 1 aromatic carbocycles. The van der Waals surface area contributed by atoms with Crippen LogP contribution in [-0.2, 0) is 5.60 Å². The Hall–Kier alpha value is -2.01. The van der Waals surface area contributed by atoms with Crippen LogP contribution in [0.3, 0.4) is 0 Å². The van der Waals surface area contributed by atoms with Crippen LogP contribution in [0.2, 0.25) is 0 Å². The summed E-state index contributed by atoms with van der Waals surface area (Å²) >= 11 is 0. The topological polar surface area (TPSA) is 56.5 Å². The molecule has 108 valence electrons. The van der Waals surface area contributed by atoms with Gasteiger partial charge in [0.1, 0.15) is 0 Å². The minimum absolute atomic E-state index is 0.643. The summed E-state index contributed by atoms with van der Waals surface area (Å²) in [4.78, 5) is 0. The van der Waals surface area contributed by atoms with E-state index in [0.717, 1.165) is 16.9 Å². The van der Waals surface area contributed by atoms with Gasteiger partial charge in [-0.1, -0.05) is 0 Å². The molecule has 1 aromatic heterocycles. The SMILES string of the molecule is COc1ccc(-n2ncc(C(C)(C)O)c2C)cc1OC. The first-order valence-corrected chi connectivity index (χ1v) is 6.38. The van der Waals surface area contributed by atoms with Crippen LogP contribution in [0.25, 0.3) is 5.69 Å². The Morgan fingerprint density at radius 1 is 1.15 bits per heavy atom. The molecule has 0 fully saturated rings. The number of benzene rings is 1. The molecular formula is C15H20N2O3. The number of rotatable bonds is 4. The zero-order chi connectivity index (χ0) is 14.9. The van der Waals surface area contributed by atoms with Gasteiger partial charge in [0.15, 0.2) is 11.5 Å². The minimum Gasteiger partial charge on any atom is -0.493 e. The fraction of sp³-hybridized carbons (Fsp3) is 0.400. The van der Waals surface area contributed by atoms with E-state index in [4.69, 9.17) is 9.47 Å². The van der Waals surface area contributed by atoms with Gasteiger partial charge in [-0.25, -0.2) is 4.68 Å². The highest BCUT2D eigenvalue weighted by atomic mass is 16.5. The lowest BCUT2D eigenvalue weighted by molar-refractivity contribution is 0.0779. The van der Waals surface area contributed by atoms with Crippen LogP contribution in [0.15, 0.2) is 24.4 Å². The molecule has 20 heavy (non-hydrogen) atoms. The van der Waals surface area contributed by atoms with Gasteiger partial charge >= 0.3 is 0 Å². The Morgan fingerprint density at radius 2 is 1.80 bits per heavy atom. The van der Waals surface area contributed by atoms with Crippen molar-refractivity contribution in [2.45, 2.75) is 26.4 Å². The lowest BCUT2D eigenvalue weighted by Crippen LogP contribution is -2.16. The maximum absolute atomic E-state index is 10.1. The molecule has 0 saturated heterocycles. The molecule has 0 aliphatic rings. The van der Waals surface area contributed by atoms with Crippen molar-refractivity contribution in [3.05, 3.63) is 35.7 Å². The Balaban J connectivity index is 2.50. The summed E-state index contributed by atoms with van der Waals surface area (Å²) in [5.74, 6) is 1.31. The van der Waals surface area contributed by atoms with E-state index in [1.54, 1.807) is 38.9 Å². The summed E-state index contributed by atoms with van der Waals surface area (Å²) in [5.41, 5.74) is 1.63. The van der Waals surface area contributed by atoms with Gasteiger partial charge in [0.2, 0.25) is 0 Å². The van der Waals surface area contributed by atoms with E-state index in [0.29, 0.717) is 11.5 Å². The van der Waals surface area contributed by atoms with Crippen LogP contribution in [0.4, 0.5) is 0 Å². The Labute approximate surface area is 118 Å². The summed E-state index contributed by atoms with van der Waals surface area (Å²) in [6, 6.07) is 5.58. The molecule has 5 nitrogen and oxygen atoms in total. The molecule has 1 heterocycles. The number of methoxy groups -OCH3 is 2. The lowest BCUT2D eigenvalue weighted by atomic mass is 10.00. The quantitative estimate of drug-likeness (QED) is 0.931. The van der Waals surface area contributed by atoms with Crippen molar-refractivity contribution >= 4 is 0 Å². The first-order chi connectivity index (χ1) is 9.38. The summed E-state index contributed by atoms with van der Waals surface area (Å²) in [7, 11) is 3.20. The van der Waals surface area contributed by atoms with Crippen LogP contribution in [0, 0.1) is 6.92 Å². The first kappa shape index (κ1) is 14.4. The number of aliphatic hydroxyl groups is 1. The van der Waals surface area contributed by atoms with Crippen LogP contribution in [0.5, 0.6) is 11.5 Å². The molecule has 0 atom stereocenters. The van der Waals surface area contributed by atoms with E-state index in [-0.39, 0.29) is 0 Å². The summed E-state index contributed by atoms with van der Waals surface area (Å²) in [6.07, 6.45) is 1.69. The molecular weight excluding hydrogens is 256 g/mol. The lowest BCUT2D eigenvalue weighted by Gasteiger charge is -2.17. The molecule has 0 aliphatic carbocycles. The monoisotopic (exact) mass is 276 g/mol. The second-order valence-electron chi connectivity index (χ2n) is 5.15. The van der Waals surface area contributed by atoms with Crippen LogP contribution < -0.4 is 9.47 Å². The van der Waals surface area contributed by atoms with E-state index in [9.17, 15) is 5.11 Å². The number of ether oxygens (including phenoxy) is 2. The molecule has 1 N–H and O–H groups in total. The molecule has 0 spiro atoms. The second-order valence-corrected chi connectivity index (χ2v) is 5.15. The average molecular weight is 276 g/mol. The van der Waals surface area contributed by atoms with Crippen molar-refractivity contribution < 1.29 is 14.6 Å². The minimum atomic E-state index is -0.918. The molecule has 2 aromatic rings. The zero-order valence-corrected chi connectivity index (χ0v) is 12.5. The zero-order valence-electron chi connectivity index (χ0n) is 12.5. The largest absolute Gasteiger partial charge is 0.493 e. The molecule has 0 amide bonds. The fourth-order valence-electron chi connectivity index (χ4n) is 2.23. The second kappa shape index (κ2) is 5.17. The summed E-state index contributed by atoms with van der Waals surface area (Å²) in [6.45, 7) is 5.42. The highest BCUT2D eigenvalue weighted by Crippen LogP contribution is 2.31. The Bertz CT molecular complexity index is 612. The number of aromatic nitrogens is 2. The maximum atomic E-state index is 10.1. The molecule has 0 aliphatic heterocycles. The molecule has 2 rings (SSSR count). The third kappa shape index (κ3) is 2.49. The van der Waals surface area contributed by atoms with Gasteiger partial charge in [0.05, 0.1) is 31.7 Å². The van der Waals surface area contributed by atoms with Crippen LogP contribution in [-0.4, -0.2) is 29.1 Å². The van der Waals surface area contributed by atoms with Gasteiger partial charge in [-0.05, 0) is 32.9 Å². The van der Waals surface area contributed by atoms with Gasteiger partial charge in [-0.2, -0.15) is 5.10 Å². The van der Waals surface area contributed by atoms with E-state index in [1.807, 2.05) is 25.1 Å². The third-order valence-electron chi connectivity index (χ3n) is 3.28. The Kier molecular flexibility index (Phi) is 3.72. The van der Waals surface area contributed by atoms with Crippen LogP contribution in [0.1, 0.15) is 25.1 Å². The number of hydrogen-bond donors (Lipinski definition) is 1. The standard InChI is InChI=1S/C15H20N2O3/c1-10-12(15(2,3)18)9-16-17(10)11-6-7-13(19-4)14(8-11)20-5/h6-9,18H,1-5H3. The molecule has 0 bridgehead atoms.